The van der Waals surface area contributed by atoms with Gasteiger partial charge in [-0.1, -0.05) is 38.3 Å². The zero-order valence-electron chi connectivity index (χ0n) is 14.4. The van der Waals surface area contributed by atoms with Crippen LogP contribution in [-0.4, -0.2) is 41.6 Å². The van der Waals surface area contributed by atoms with E-state index in [4.69, 9.17) is 4.74 Å². The van der Waals surface area contributed by atoms with E-state index in [0.29, 0.717) is 30.9 Å². The molecule has 1 saturated heterocycles. The fourth-order valence-corrected chi connectivity index (χ4v) is 3.01. The number of hydrogen-bond donors (Lipinski definition) is 1. The molecule has 1 aliphatic heterocycles. The molecule has 2 rings (SSSR count). The van der Waals surface area contributed by atoms with Crippen LogP contribution < -0.4 is 4.74 Å². The molecule has 24 heavy (non-hydrogen) atoms. The molecule has 1 heterocycles. The molecule has 5 heteroatoms. The van der Waals surface area contributed by atoms with Gasteiger partial charge < -0.3 is 14.7 Å². The second-order valence-corrected chi connectivity index (χ2v) is 6.33. The first kappa shape index (κ1) is 18.3. The smallest absolute Gasteiger partial charge is 0.308 e. The lowest BCUT2D eigenvalue weighted by atomic mass is 9.97. The van der Waals surface area contributed by atoms with Gasteiger partial charge >= 0.3 is 5.97 Å². The predicted molar refractivity (Wildman–Crippen MR) is 92.3 cm³/mol. The Bertz CT molecular complexity index is 558. The van der Waals surface area contributed by atoms with E-state index in [-0.39, 0.29) is 12.5 Å². The maximum absolute atomic E-state index is 12.8. The van der Waals surface area contributed by atoms with Crippen molar-refractivity contribution in [3.05, 3.63) is 29.8 Å². The third-order valence-corrected chi connectivity index (χ3v) is 4.43. The first-order chi connectivity index (χ1) is 11.6. The van der Waals surface area contributed by atoms with E-state index in [0.717, 1.165) is 19.3 Å². The number of hydrogen-bond acceptors (Lipinski definition) is 3. The number of para-hydroxylation sites is 1. The number of carbonyl (C=O) groups is 2. The molecular formula is C19H27NO4. The highest BCUT2D eigenvalue weighted by atomic mass is 16.5. The Labute approximate surface area is 143 Å². The van der Waals surface area contributed by atoms with Gasteiger partial charge in [-0.3, -0.25) is 9.59 Å². The van der Waals surface area contributed by atoms with E-state index in [1.807, 2.05) is 18.2 Å². The number of amides is 1. The molecule has 1 amide bonds. The molecule has 1 atom stereocenters. The van der Waals surface area contributed by atoms with Gasteiger partial charge in [0.25, 0.3) is 5.91 Å². The van der Waals surface area contributed by atoms with Gasteiger partial charge in [0.1, 0.15) is 5.75 Å². The first-order valence-corrected chi connectivity index (χ1v) is 8.87. The van der Waals surface area contributed by atoms with Crippen molar-refractivity contribution >= 4 is 11.9 Å². The summed E-state index contributed by atoms with van der Waals surface area (Å²) in [5.41, 5.74) is 0.527. The fraction of sp³-hybridized carbons (Fsp3) is 0.579. The molecule has 1 aliphatic rings. The highest BCUT2D eigenvalue weighted by Crippen LogP contribution is 2.24. The van der Waals surface area contributed by atoms with Gasteiger partial charge in [0.05, 0.1) is 18.1 Å². The van der Waals surface area contributed by atoms with Crippen LogP contribution in [0.15, 0.2) is 24.3 Å². The minimum Gasteiger partial charge on any atom is -0.493 e. The maximum Gasteiger partial charge on any atom is 0.308 e. The van der Waals surface area contributed by atoms with Crippen LogP contribution in [-0.2, 0) is 4.79 Å². The summed E-state index contributed by atoms with van der Waals surface area (Å²) >= 11 is 0. The van der Waals surface area contributed by atoms with Crippen molar-refractivity contribution in [2.75, 3.05) is 19.7 Å². The lowest BCUT2D eigenvalue weighted by Gasteiger charge is -2.31. The molecule has 1 aromatic carbocycles. The quantitative estimate of drug-likeness (QED) is 0.738. The van der Waals surface area contributed by atoms with Gasteiger partial charge in [0.2, 0.25) is 0 Å². The number of nitrogens with zero attached hydrogens (tertiary/aromatic N) is 1. The Hall–Kier alpha value is -2.04. The molecule has 0 radical (unpaired) electrons. The lowest BCUT2D eigenvalue weighted by molar-refractivity contribution is -0.143. The summed E-state index contributed by atoms with van der Waals surface area (Å²) in [6, 6.07) is 7.24. The van der Waals surface area contributed by atoms with Crippen molar-refractivity contribution in [1.82, 2.24) is 4.90 Å². The van der Waals surface area contributed by atoms with Crippen LogP contribution in [0.5, 0.6) is 5.75 Å². The molecule has 0 bridgehead atoms. The zero-order chi connectivity index (χ0) is 17.4. The molecule has 1 unspecified atom stereocenters. The summed E-state index contributed by atoms with van der Waals surface area (Å²) in [6.07, 6.45) is 5.82. The zero-order valence-corrected chi connectivity index (χ0v) is 14.4. The van der Waals surface area contributed by atoms with Crippen molar-refractivity contribution in [3.8, 4) is 5.75 Å². The predicted octanol–water partition coefficient (Wildman–Crippen LogP) is 3.58. The summed E-state index contributed by atoms with van der Waals surface area (Å²) in [5, 5.41) is 9.19. The van der Waals surface area contributed by atoms with Gasteiger partial charge in [0.15, 0.2) is 0 Å². The van der Waals surface area contributed by atoms with E-state index in [1.54, 1.807) is 11.0 Å². The van der Waals surface area contributed by atoms with Crippen LogP contribution >= 0.6 is 0 Å². The third kappa shape index (κ3) is 4.98. The van der Waals surface area contributed by atoms with Crippen LogP contribution in [0.3, 0.4) is 0 Å². The van der Waals surface area contributed by atoms with Crippen molar-refractivity contribution in [1.29, 1.82) is 0 Å². The largest absolute Gasteiger partial charge is 0.493 e. The van der Waals surface area contributed by atoms with Gasteiger partial charge in [0, 0.05) is 13.1 Å². The van der Waals surface area contributed by atoms with Gasteiger partial charge in [-0.2, -0.15) is 0 Å². The summed E-state index contributed by atoms with van der Waals surface area (Å²) < 4.78 is 5.81. The molecule has 1 aromatic rings. The summed E-state index contributed by atoms with van der Waals surface area (Å²) in [5.74, 6) is -0.834. The molecular weight excluding hydrogens is 306 g/mol. The molecule has 1 N–H and O–H groups in total. The van der Waals surface area contributed by atoms with Crippen LogP contribution in [0.2, 0.25) is 0 Å². The first-order valence-electron chi connectivity index (χ1n) is 8.87. The van der Waals surface area contributed by atoms with E-state index >= 15 is 0 Å². The average Bonchev–Trinajstić information content (AvgIpc) is 2.61. The highest BCUT2D eigenvalue weighted by Gasteiger charge is 2.29. The van der Waals surface area contributed by atoms with Crippen molar-refractivity contribution in [3.63, 3.8) is 0 Å². The summed E-state index contributed by atoms with van der Waals surface area (Å²) in [7, 11) is 0. The van der Waals surface area contributed by atoms with Crippen LogP contribution in [0.1, 0.15) is 55.8 Å². The maximum atomic E-state index is 12.8. The Morgan fingerprint density at radius 1 is 1.25 bits per heavy atom. The van der Waals surface area contributed by atoms with Crippen molar-refractivity contribution in [2.24, 2.45) is 5.92 Å². The van der Waals surface area contributed by atoms with Gasteiger partial charge in [-0.05, 0) is 31.4 Å². The Morgan fingerprint density at radius 2 is 2.04 bits per heavy atom. The Balaban J connectivity index is 1.99. The number of carbonyl (C=O) groups excluding carboxylic acids is 1. The van der Waals surface area contributed by atoms with E-state index < -0.39 is 11.9 Å². The van der Waals surface area contributed by atoms with Crippen molar-refractivity contribution in [2.45, 2.75) is 45.4 Å². The molecule has 1 fully saturated rings. The number of benzene rings is 1. The number of unbranched alkanes of at least 4 members (excludes halogenated alkanes) is 3. The number of rotatable bonds is 8. The average molecular weight is 333 g/mol. The number of piperidine rings is 1. The molecule has 0 spiro atoms. The second kappa shape index (κ2) is 9.30. The minimum atomic E-state index is -0.826. The highest BCUT2D eigenvalue weighted by molar-refractivity contribution is 5.97. The Morgan fingerprint density at radius 3 is 2.79 bits per heavy atom. The minimum absolute atomic E-state index is 0.134. The second-order valence-electron chi connectivity index (χ2n) is 6.33. The SMILES string of the molecule is CCCCCCOc1ccccc1C(=O)N1CCCC(C(=O)O)C1. The topological polar surface area (TPSA) is 66.8 Å². The van der Waals surface area contributed by atoms with E-state index in [2.05, 4.69) is 6.92 Å². The van der Waals surface area contributed by atoms with Gasteiger partial charge in [-0.15, -0.1) is 0 Å². The van der Waals surface area contributed by atoms with Crippen LogP contribution in [0, 0.1) is 5.92 Å². The number of aliphatic carboxylic acids is 1. The van der Waals surface area contributed by atoms with E-state index in [9.17, 15) is 14.7 Å². The number of carboxylic acids is 1. The van der Waals surface area contributed by atoms with Gasteiger partial charge in [-0.25, -0.2) is 0 Å². The summed E-state index contributed by atoms with van der Waals surface area (Å²) in [6.45, 7) is 3.65. The molecule has 5 nitrogen and oxygen atoms in total. The summed E-state index contributed by atoms with van der Waals surface area (Å²) in [4.78, 5) is 25.6. The molecule has 0 saturated carbocycles. The van der Waals surface area contributed by atoms with Crippen LogP contribution in [0.25, 0.3) is 0 Å². The fourth-order valence-electron chi connectivity index (χ4n) is 3.01. The monoisotopic (exact) mass is 333 g/mol. The van der Waals surface area contributed by atoms with Crippen molar-refractivity contribution < 1.29 is 19.4 Å². The molecule has 132 valence electrons. The molecule has 0 aromatic heterocycles. The Kier molecular flexibility index (Phi) is 7.09. The lowest BCUT2D eigenvalue weighted by Crippen LogP contribution is -2.42. The number of carboxylic acid groups (broad SMARTS) is 1. The number of likely N-dealkylation sites (tertiary alicyclic amines) is 1. The normalized spacial score (nSPS) is 17.5. The third-order valence-electron chi connectivity index (χ3n) is 4.43. The molecule has 0 aliphatic carbocycles. The number of ether oxygens (including phenoxy) is 1. The van der Waals surface area contributed by atoms with Crippen LogP contribution in [0.4, 0.5) is 0 Å². The standard InChI is InChI=1S/C19H27NO4/c1-2-3-4-7-13-24-17-11-6-5-10-16(17)18(21)20-12-8-9-15(14-20)19(22)23/h5-6,10-11,15H,2-4,7-9,12-14H2,1H3,(H,22,23). The van der Waals surface area contributed by atoms with E-state index in [1.165, 1.54) is 12.8 Å².